The Hall–Kier alpha value is -1.23. The van der Waals surface area contributed by atoms with Crippen LogP contribution in [-0.2, 0) is 6.18 Å². The molecule has 0 bridgehead atoms. The minimum Gasteiger partial charge on any atom is -0.370 e. The van der Waals surface area contributed by atoms with Gasteiger partial charge in [-0.05, 0) is 44.5 Å². The fraction of sp³-hybridized carbons (Fsp3) is 0.571. The Kier molecular flexibility index (Phi) is 4.04. The van der Waals surface area contributed by atoms with Crippen molar-refractivity contribution in [3.05, 3.63) is 29.3 Å². The zero-order valence-electron chi connectivity index (χ0n) is 11.2. The van der Waals surface area contributed by atoms with Gasteiger partial charge < -0.3 is 10.2 Å². The summed E-state index contributed by atoms with van der Waals surface area (Å²) in [6.45, 7) is 5.99. The lowest BCUT2D eigenvalue weighted by molar-refractivity contribution is -0.138. The average Bonchev–Trinajstić information content (AvgIpc) is 2.53. The van der Waals surface area contributed by atoms with Crippen LogP contribution in [0.5, 0.6) is 0 Å². The normalized spacial score (nSPS) is 21.3. The summed E-state index contributed by atoms with van der Waals surface area (Å²) < 4.78 is 38.8. The van der Waals surface area contributed by atoms with E-state index >= 15 is 0 Å². The van der Waals surface area contributed by atoms with E-state index in [1.54, 1.807) is 12.1 Å². The molecule has 1 aliphatic rings. The van der Waals surface area contributed by atoms with Crippen LogP contribution < -0.4 is 10.2 Å². The molecule has 1 aliphatic heterocycles. The average molecular weight is 272 g/mol. The van der Waals surface area contributed by atoms with E-state index in [-0.39, 0.29) is 11.6 Å². The van der Waals surface area contributed by atoms with Gasteiger partial charge in [0.2, 0.25) is 0 Å². The van der Waals surface area contributed by atoms with Crippen LogP contribution in [0.1, 0.15) is 24.5 Å². The summed E-state index contributed by atoms with van der Waals surface area (Å²) in [6, 6.07) is 4.90. The summed E-state index contributed by atoms with van der Waals surface area (Å²) >= 11 is 0. The van der Waals surface area contributed by atoms with E-state index < -0.39 is 11.7 Å². The first-order chi connectivity index (χ1) is 8.88. The Balaban J connectivity index is 2.29. The topological polar surface area (TPSA) is 15.3 Å². The Bertz CT molecular complexity index is 443. The Morgan fingerprint density at radius 1 is 1.32 bits per heavy atom. The molecule has 2 rings (SSSR count). The van der Waals surface area contributed by atoms with E-state index in [2.05, 4.69) is 12.2 Å². The van der Waals surface area contributed by atoms with Crippen LogP contribution in [0.4, 0.5) is 18.9 Å². The van der Waals surface area contributed by atoms with Crippen molar-refractivity contribution in [3.63, 3.8) is 0 Å². The van der Waals surface area contributed by atoms with Gasteiger partial charge in [0, 0.05) is 24.8 Å². The molecule has 0 radical (unpaired) electrons. The molecule has 1 unspecified atom stereocenters. The molecule has 19 heavy (non-hydrogen) atoms. The van der Waals surface area contributed by atoms with Gasteiger partial charge >= 0.3 is 6.18 Å². The van der Waals surface area contributed by atoms with Gasteiger partial charge in [-0.1, -0.05) is 6.07 Å². The minimum absolute atomic E-state index is 0.275. The molecule has 106 valence electrons. The SMILES string of the molecule is Cc1ccc(N2CCCNC(C)C2)cc1C(F)(F)F. The molecular weight excluding hydrogens is 253 g/mol. The maximum atomic E-state index is 12.9. The maximum Gasteiger partial charge on any atom is 0.416 e. The van der Waals surface area contributed by atoms with E-state index in [0.717, 1.165) is 26.1 Å². The number of nitrogens with zero attached hydrogens (tertiary/aromatic N) is 1. The molecule has 5 heteroatoms. The van der Waals surface area contributed by atoms with Gasteiger partial charge in [-0.2, -0.15) is 13.2 Å². The molecular formula is C14H19F3N2. The largest absolute Gasteiger partial charge is 0.416 e. The lowest BCUT2D eigenvalue weighted by Gasteiger charge is -2.26. The van der Waals surface area contributed by atoms with Gasteiger partial charge in [0.05, 0.1) is 5.56 Å². The summed E-state index contributed by atoms with van der Waals surface area (Å²) in [5.74, 6) is 0. The molecule has 1 heterocycles. The van der Waals surface area contributed by atoms with E-state index in [4.69, 9.17) is 0 Å². The third kappa shape index (κ3) is 3.41. The molecule has 0 spiro atoms. The lowest BCUT2D eigenvalue weighted by Crippen LogP contribution is -2.35. The van der Waals surface area contributed by atoms with Crippen LogP contribution in [0.2, 0.25) is 0 Å². The number of alkyl halides is 3. The van der Waals surface area contributed by atoms with Crippen molar-refractivity contribution >= 4 is 5.69 Å². The number of rotatable bonds is 1. The molecule has 0 aromatic heterocycles. The number of halogens is 3. The van der Waals surface area contributed by atoms with Gasteiger partial charge in [0.15, 0.2) is 0 Å². The van der Waals surface area contributed by atoms with Crippen molar-refractivity contribution in [2.45, 2.75) is 32.5 Å². The number of benzene rings is 1. The van der Waals surface area contributed by atoms with Crippen LogP contribution in [0.15, 0.2) is 18.2 Å². The van der Waals surface area contributed by atoms with Crippen LogP contribution in [-0.4, -0.2) is 25.7 Å². The summed E-state index contributed by atoms with van der Waals surface area (Å²) in [4.78, 5) is 2.03. The Labute approximate surface area is 111 Å². The Morgan fingerprint density at radius 3 is 2.74 bits per heavy atom. The van der Waals surface area contributed by atoms with E-state index in [1.165, 1.54) is 13.0 Å². The first kappa shape index (κ1) is 14.2. The van der Waals surface area contributed by atoms with E-state index in [0.29, 0.717) is 5.69 Å². The van der Waals surface area contributed by atoms with E-state index in [1.807, 2.05) is 4.90 Å². The smallest absolute Gasteiger partial charge is 0.370 e. The fourth-order valence-corrected chi connectivity index (χ4v) is 2.45. The third-order valence-electron chi connectivity index (χ3n) is 3.48. The third-order valence-corrected chi connectivity index (χ3v) is 3.48. The number of aryl methyl sites for hydroxylation is 1. The highest BCUT2D eigenvalue weighted by Gasteiger charge is 2.33. The van der Waals surface area contributed by atoms with Crippen LogP contribution in [0, 0.1) is 6.92 Å². The summed E-state index contributed by atoms with van der Waals surface area (Å²) in [6.07, 6.45) is -3.34. The van der Waals surface area contributed by atoms with Crippen LogP contribution in [0.3, 0.4) is 0 Å². The van der Waals surface area contributed by atoms with Gasteiger partial charge in [0.25, 0.3) is 0 Å². The Morgan fingerprint density at radius 2 is 2.05 bits per heavy atom. The predicted molar refractivity (Wildman–Crippen MR) is 70.5 cm³/mol. The van der Waals surface area contributed by atoms with Crippen molar-refractivity contribution in [3.8, 4) is 0 Å². The predicted octanol–water partition coefficient (Wildman–Crippen LogP) is 3.20. The van der Waals surface area contributed by atoms with Crippen molar-refractivity contribution in [2.75, 3.05) is 24.5 Å². The number of anilines is 1. The van der Waals surface area contributed by atoms with Crippen molar-refractivity contribution < 1.29 is 13.2 Å². The molecule has 1 aromatic carbocycles. The fourth-order valence-electron chi connectivity index (χ4n) is 2.45. The first-order valence-electron chi connectivity index (χ1n) is 6.54. The second kappa shape index (κ2) is 5.41. The van der Waals surface area contributed by atoms with Gasteiger partial charge in [0.1, 0.15) is 0 Å². The molecule has 0 saturated carbocycles. The highest BCUT2D eigenvalue weighted by molar-refractivity contribution is 5.52. The van der Waals surface area contributed by atoms with Gasteiger partial charge in [-0.3, -0.25) is 0 Å². The second-order valence-electron chi connectivity index (χ2n) is 5.15. The number of nitrogens with one attached hydrogen (secondary N) is 1. The van der Waals surface area contributed by atoms with Crippen LogP contribution >= 0.6 is 0 Å². The van der Waals surface area contributed by atoms with Gasteiger partial charge in [-0.25, -0.2) is 0 Å². The number of hydrogen-bond acceptors (Lipinski definition) is 2. The molecule has 1 N–H and O–H groups in total. The molecule has 0 amide bonds. The quantitative estimate of drug-likeness (QED) is 0.844. The summed E-state index contributed by atoms with van der Waals surface area (Å²) in [7, 11) is 0. The highest BCUT2D eigenvalue weighted by atomic mass is 19.4. The minimum atomic E-state index is -4.28. The molecule has 1 atom stereocenters. The van der Waals surface area contributed by atoms with Crippen LogP contribution in [0.25, 0.3) is 0 Å². The molecule has 1 saturated heterocycles. The molecule has 1 fully saturated rings. The second-order valence-corrected chi connectivity index (χ2v) is 5.15. The molecule has 0 aliphatic carbocycles. The summed E-state index contributed by atoms with van der Waals surface area (Å²) in [5.41, 5.74) is 0.403. The van der Waals surface area contributed by atoms with Crippen molar-refractivity contribution in [1.29, 1.82) is 0 Å². The van der Waals surface area contributed by atoms with Crippen molar-refractivity contribution in [1.82, 2.24) is 5.32 Å². The van der Waals surface area contributed by atoms with Gasteiger partial charge in [-0.15, -0.1) is 0 Å². The molecule has 1 aromatic rings. The highest BCUT2D eigenvalue weighted by Crippen LogP contribution is 2.34. The zero-order chi connectivity index (χ0) is 14.0. The standard InChI is InChI=1S/C14H19F3N2/c1-10-4-5-12(8-13(10)14(15,16)17)19-7-3-6-18-11(2)9-19/h4-5,8,11,18H,3,6-7,9H2,1-2H3. The zero-order valence-corrected chi connectivity index (χ0v) is 11.2. The lowest BCUT2D eigenvalue weighted by atomic mass is 10.1. The molecule has 2 nitrogen and oxygen atoms in total. The maximum absolute atomic E-state index is 12.9. The number of hydrogen-bond donors (Lipinski definition) is 1. The van der Waals surface area contributed by atoms with Crippen molar-refractivity contribution in [2.24, 2.45) is 0 Å². The summed E-state index contributed by atoms with van der Waals surface area (Å²) in [5, 5.41) is 3.34. The van der Waals surface area contributed by atoms with E-state index in [9.17, 15) is 13.2 Å². The monoisotopic (exact) mass is 272 g/mol. The first-order valence-corrected chi connectivity index (χ1v) is 6.54.